The third-order valence-corrected chi connectivity index (χ3v) is 5.45. The molecule has 0 aliphatic carbocycles. The van der Waals surface area contributed by atoms with Gasteiger partial charge >= 0.3 is 0 Å². The molecule has 2 aromatic carbocycles. The van der Waals surface area contributed by atoms with Crippen molar-refractivity contribution in [2.75, 3.05) is 5.32 Å². The van der Waals surface area contributed by atoms with Crippen LogP contribution in [0.3, 0.4) is 0 Å². The first-order valence-electron chi connectivity index (χ1n) is 8.40. The summed E-state index contributed by atoms with van der Waals surface area (Å²) in [6.45, 7) is 3.67. The zero-order valence-electron chi connectivity index (χ0n) is 15.0. The quantitative estimate of drug-likeness (QED) is 0.569. The summed E-state index contributed by atoms with van der Waals surface area (Å²) in [6.07, 6.45) is 1.50. The molecule has 0 aliphatic heterocycles. The minimum Gasteiger partial charge on any atom is -0.321 e. The van der Waals surface area contributed by atoms with Crippen LogP contribution in [0, 0.1) is 19.7 Å². The van der Waals surface area contributed by atoms with Crippen molar-refractivity contribution in [2.24, 2.45) is 0 Å². The number of aryl methyl sites for hydroxylation is 1. The summed E-state index contributed by atoms with van der Waals surface area (Å²) in [5, 5.41) is 14.8. The van der Waals surface area contributed by atoms with Gasteiger partial charge in [0, 0.05) is 11.3 Å². The van der Waals surface area contributed by atoms with Crippen molar-refractivity contribution in [3.8, 4) is 16.3 Å². The van der Waals surface area contributed by atoms with Crippen LogP contribution in [0.15, 0.2) is 48.8 Å². The molecule has 9 heteroatoms. The normalized spacial score (nSPS) is 10.8. The van der Waals surface area contributed by atoms with Crippen LogP contribution in [-0.4, -0.2) is 31.1 Å². The highest BCUT2D eigenvalue weighted by Gasteiger charge is 2.18. The Hall–Kier alpha value is -3.46. The van der Waals surface area contributed by atoms with Gasteiger partial charge in [-0.1, -0.05) is 6.07 Å². The van der Waals surface area contributed by atoms with E-state index in [4.69, 9.17) is 0 Å². The molecule has 0 aliphatic rings. The van der Waals surface area contributed by atoms with Crippen molar-refractivity contribution in [1.82, 2.24) is 25.2 Å². The van der Waals surface area contributed by atoms with Crippen LogP contribution in [0.1, 0.15) is 20.9 Å². The fourth-order valence-corrected chi connectivity index (χ4v) is 3.75. The molecule has 0 saturated heterocycles. The smallest absolute Gasteiger partial charge is 0.267 e. The predicted molar refractivity (Wildman–Crippen MR) is 104 cm³/mol. The molecule has 4 rings (SSSR count). The lowest BCUT2D eigenvalue weighted by Crippen LogP contribution is -2.13. The Balaban J connectivity index is 1.61. The van der Waals surface area contributed by atoms with Crippen molar-refractivity contribution in [3.63, 3.8) is 0 Å². The van der Waals surface area contributed by atoms with Crippen LogP contribution in [0.2, 0.25) is 0 Å². The van der Waals surface area contributed by atoms with E-state index in [1.54, 1.807) is 19.1 Å². The van der Waals surface area contributed by atoms with Crippen LogP contribution in [0.5, 0.6) is 0 Å². The highest BCUT2D eigenvalue weighted by molar-refractivity contribution is 7.17. The van der Waals surface area contributed by atoms with Crippen molar-refractivity contribution >= 4 is 22.9 Å². The Morgan fingerprint density at radius 3 is 2.64 bits per heavy atom. The van der Waals surface area contributed by atoms with E-state index in [0.29, 0.717) is 21.3 Å². The van der Waals surface area contributed by atoms with E-state index in [0.717, 1.165) is 16.8 Å². The van der Waals surface area contributed by atoms with Crippen LogP contribution in [0.25, 0.3) is 16.3 Å². The fourth-order valence-electron chi connectivity index (χ4n) is 2.78. The first-order chi connectivity index (χ1) is 13.5. The van der Waals surface area contributed by atoms with Gasteiger partial charge in [0.05, 0.1) is 11.4 Å². The summed E-state index contributed by atoms with van der Waals surface area (Å²) in [6, 6.07) is 11.6. The van der Waals surface area contributed by atoms with Gasteiger partial charge in [0.2, 0.25) is 0 Å². The summed E-state index contributed by atoms with van der Waals surface area (Å²) in [5.74, 6) is -0.562. The number of carbonyl (C=O) groups excluding carboxylic acids is 1. The first-order valence-corrected chi connectivity index (χ1v) is 9.22. The van der Waals surface area contributed by atoms with Gasteiger partial charge < -0.3 is 5.32 Å². The average Bonchev–Trinajstić information content (AvgIpc) is 3.34. The maximum absolute atomic E-state index is 13.1. The maximum Gasteiger partial charge on any atom is 0.267 e. The second-order valence-corrected chi connectivity index (χ2v) is 7.10. The molecule has 0 spiro atoms. The second-order valence-electron chi connectivity index (χ2n) is 6.10. The number of nitrogens with one attached hydrogen (secondary N) is 1. The molecule has 7 nitrogen and oxygen atoms in total. The zero-order valence-corrected chi connectivity index (χ0v) is 15.9. The van der Waals surface area contributed by atoms with E-state index < -0.39 is 0 Å². The number of aromatic nitrogens is 5. The standard InChI is InChI=1S/C19H15FN6OS/c1-11-15(4-3-5-16(11)26-10-21-24-25-26)23-18(27)17-12(2)22-19(28-17)13-6-8-14(20)9-7-13/h3-10H,1-2H3,(H,23,27). The number of hydrogen-bond donors (Lipinski definition) is 1. The molecular formula is C19H15FN6OS. The van der Waals surface area contributed by atoms with E-state index in [2.05, 4.69) is 25.8 Å². The molecule has 0 unspecified atom stereocenters. The van der Waals surface area contributed by atoms with Gasteiger partial charge in [-0.05, 0) is 66.2 Å². The Morgan fingerprint density at radius 2 is 1.93 bits per heavy atom. The lowest BCUT2D eigenvalue weighted by atomic mass is 10.1. The molecule has 1 N–H and O–H groups in total. The lowest BCUT2D eigenvalue weighted by Gasteiger charge is -2.11. The van der Waals surface area contributed by atoms with E-state index in [-0.39, 0.29) is 11.7 Å². The van der Waals surface area contributed by atoms with Gasteiger partial charge in [0.1, 0.15) is 22.0 Å². The van der Waals surface area contributed by atoms with E-state index in [1.165, 1.54) is 34.5 Å². The molecular weight excluding hydrogens is 379 g/mol. The van der Waals surface area contributed by atoms with Gasteiger partial charge in [-0.25, -0.2) is 14.1 Å². The molecule has 0 fully saturated rings. The van der Waals surface area contributed by atoms with Crippen LogP contribution < -0.4 is 5.32 Å². The molecule has 0 atom stereocenters. The SMILES string of the molecule is Cc1nc(-c2ccc(F)cc2)sc1C(=O)Nc1cccc(-n2cnnn2)c1C. The Kier molecular flexibility index (Phi) is 4.66. The van der Waals surface area contributed by atoms with Crippen LogP contribution in [0.4, 0.5) is 10.1 Å². The van der Waals surface area contributed by atoms with Crippen LogP contribution in [-0.2, 0) is 0 Å². The Bertz CT molecular complexity index is 1140. The van der Waals surface area contributed by atoms with Gasteiger partial charge in [-0.15, -0.1) is 16.4 Å². The lowest BCUT2D eigenvalue weighted by molar-refractivity contribution is 0.102. The third kappa shape index (κ3) is 3.39. The fraction of sp³-hybridized carbons (Fsp3) is 0.105. The number of halogens is 1. The molecule has 0 radical (unpaired) electrons. The molecule has 2 aromatic heterocycles. The number of nitrogens with zero attached hydrogens (tertiary/aromatic N) is 5. The van der Waals surface area contributed by atoms with E-state index in [1.807, 2.05) is 25.1 Å². The summed E-state index contributed by atoms with van der Waals surface area (Å²) in [4.78, 5) is 17.8. The minimum absolute atomic E-state index is 0.250. The topological polar surface area (TPSA) is 85.6 Å². The molecule has 4 aromatic rings. The van der Waals surface area contributed by atoms with Crippen LogP contribution >= 0.6 is 11.3 Å². The van der Waals surface area contributed by atoms with Crippen molar-refractivity contribution in [2.45, 2.75) is 13.8 Å². The first kappa shape index (κ1) is 17.9. The maximum atomic E-state index is 13.1. The second kappa shape index (κ2) is 7.28. The highest BCUT2D eigenvalue weighted by atomic mass is 32.1. The predicted octanol–water partition coefficient (Wildman–Crippen LogP) is 3.79. The van der Waals surface area contributed by atoms with E-state index >= 15 is 0 Å². The van der Waals surface area contributed by atoms with Gasteiger partial charge in [-0.2, -0.15) is 0 Å². The Morgan fingerprint density at radius 1 is 1.14 bits per heavy atom. The summed E-state index contributed by atoms with van der Waals surface area (Å²) in [7, 11) is 0. The number of benzene rings is 2. The summed E-state index contributed by atoms with van der Waals surface area (Å²) < 4.78 is 14.7. The average molecular weight is 394 g/mol. The number of carbonyl (C=O) groups is 1. The summed E-state index contributed by atoms with van der Waals surface area (Å²) >= 11 is 1.27. The van der Waals surface area contributed by atoms with Gasteiger partial charge in [-0.3, -0.25) is 4.79 Å². The van der Waals surface area contributed by atoms with Gasteiger partial charge in [0.15, 0.2) is 0 Å². The molecule has 140 valence electrons. The molecule has 28 heavy (non-hydrogen) atoms. The number of amides is 1. The van der Waals surface area contributed by atoms with Crippen molar-refractivity contribution < 1.29 is 9.18 Å². The molecule has 1 amide bonds. The number of anilines is 1. The highest BCUT2D eigenvalue weighted by Crippen LogP contribution is 2.29. The number of tetrazole rings is 1. The molecule has 0 saturated carbocycles. The largest absolute Gasteiger partial charge is 0.321 e. The third-order valence-electron chi connectivity index (χ3n) is 4.24. The molecule has 0 bridgehead atoms. The number of rotatable bonds is 4. The number of thiazole rings is 1. The zero-order chi connectivity index (χ0) is 19.7. The number of hydrogen-bond acceptors (Lipinski definition) is 6. The van der Waals surface area contributed by atoms with Gasteiger partial charge in [0.25, 0.3) is 5.91 Å². The van der Waals surface area contributed by atoms with Crippen molar-refractivity contribution in [3.05, 3.63) is 70.7 Å². The van der Waals surface area contributed by atoms with E-state index in [9.17, 15) is 9.18 Å². The summed E-state index contributed by atoms with van der Waals surface area (Å²) in [5.41, 5.74) is 3.66. The Labute approximate surface area is 163 Å². The monoisotopic (exact) mass is 394 g/mol. The van der Waals surface area contributed by atoms with Crippen molar-refractivity contribution in [1.29, 1.82) is 0 Å². The molecule has 2 heterocycles. The minimum atomic E-state index is -0.312.